The Morgan fingerprint density at radius 3 is 2.93 bits per heavy atom. The van der Waals surface area contributed by atoms with Crippen LogP contribution in [0.25, 0.3) is 0 Å². The number of benzene rings is 1. The Hall–Kier alpha value is -1.35. The third kappa shape index (κ3) is 2.85. The molecular formula is C11H15N2O. The van der Waals surface area contributed by atoms with Crippen LogP contribution in [0.2, 0.25) is 0 Å². The zero-order chi connectivity index (χ0) is 10.4. The van der Waals surface area contributed by atoms with Gasteiger partial charge in [0.2, 0.25) is 6.29 Å². The Labute approximate surface area is 84.3 Å². The van der Waals surface area contributed by atoms with Gasteiger partial charge in [0.1, 0.15) is 0 Å². The van der Waals surface area contributed by atoms with Gasteiger partial charge in [0.25, 0.3) is 0 Å². The summed E-state index contributed by atoms with van der Waals surface area (Å²) in [5.41, 5.74) is 7.92. The summed E-state index contributed by atoms with van der Waals surface area (Å²) in [7, 11) is 0. The van der Waals surface area contributed by atoms with E-state index in [1.165, 1.54) is 0 Å². The summed E-state index contributed by atoms with van der Waals surface area (Å²) in [6.07, 6.45) is 2.80. The maximum atomic E-state index is 10.6. The summed E-state index contributed by atoms with van der Waals surface area (Å²) in [5.74, 6) is 0. The third-order valence-electron chi connectivity index (χ3n) is 1.98. The molecule has 0 aliphatic carbocycles. The molecule has 1 radical (unpaired) electrons. The quantitative estimate of drug-likeness (QED) is 0.688. The van der Waals surface area contributed by atoms with Crippen molar-refractivity contribution in [1.82, 2.24) is 0 Å². The fraction of sp³-hybridized carbons (Fsp3) is 0.364. The highest BCUT2D eigenvalue weighted by atomic mass is 16.1. The molecule has 0 amide bonds. The number of aryl methyl sites for hydroxylation is 1. The molecule has 0 unspecified atom stereocenters. The molecule has 0 saturated heterocycles. The van der Waals surface area contributed by atoms with Gasteiger partial charge in [-0.15, -0.1) is 0 Å². The molecule has 3 nitrogen and oxygen atoms in total. The van der Waals surface area contributed by atoms with Crippen LogP contribution in [0.5, 0.6) is 0 Å². The predicted octanol–water partition coefficient (Wildman–Crippen LogP) is 1.21. The van der Waals surface area contributed by atoms with Crippen LogP contribution in [0.4, 0.5) is 5.69 Å². The SMILES string of the molecule is Cc1ccc([C]=O)c(NCCCN)c1. The van der Waals surface area contributed by atoms with Crippen LogP contribution in [0.3, 0.4) is 0 Å². The molecule has 1 rings (SSSR count). The zero-order valence-corrected chi connectivity index (χ0v) is 8.34. The molecule has 0 bridgehead atoms. The number of anilines is 1. The summed E-state index contributed by atoms with van der Waals surface area (Å²) in [4.78, 5) is 10.6. The maximum Gasteiger partial charge on any atom is 0.235 e. The smallest absolute Gasteiger partial charge is 0.235 e. The second kappa shape index (κ2) is 5.40. The molecule has 0 aliphatic heterocycles. The first-order chi connectivity index (χ1) is 6.77. The van der Waals surface area contributed by atoms with Gasteiger partial charge < -0.3 is 11.1 Å². The lowest BCUT2D eigenvalue weighted by Gasteiger charge is -2.08. The molecule has 0 aliphatic rings. The Bertz CT molecular complexity index is 310. The molecule has 0 spiro atoms. The largest absolute Gasteiger partial charge is 0.384 e. The van der Waals surface area contributed by atoms with E-state index in [9.17, 15) is 4.79 Å². The van der Waals surface area contributed by atoms with E-state index in [0.29, 0.717) is 12.1 Å². The fourth-order valence-electron chi connectivity index (χ4n) is 1.22. The number of hydrogen-bond donors (Lipinski definition) is 2. The highest BCUT2D eigenvalue weighted by Crippen LogP contribution is 2.15. The van der Waals surface area contributed by atoms with Crippen LogP contribution >= 0.6 is 0 Å². The van der Waals surface area contributed by atoms with E-state index in [0.717, 1.165) is 24.2 Å². The topological polar surface area (TPSA) is 55.1 Å². The summed E-state index contributed by atoms with van der Waals surface area (Å²) >= 11 is 0. The number of hydrogen-bond acceptors (Lipinski definition) is 3. The zero-order valence-electron chi connectivity index (χ0n) is 8.34. The minimum atomic E-state index is 0.577. The molecule has 3 N–H and O–H groups in total. The van der Waals surface area contributed by atoms with Gasteiger partial charge in [0.15, 0.2) is 0 Å². The normalized spacial score (nSPS) is 9.86. The lowest BCUT2D eigenvalue weighted by molar-refractivity contribution is 0.563. The highest BCUT2D eigenvalue weighted by Gasteiger charge is 2.01. The van der Waals surface area contributed by atoms with Crippen molar-refractivity contribution in [3.8, 4) is 0 Å². The monoisotopic (exact) mass is 191 g/mol. The molecular weight excluding hydrogens is 176 g/mol. The molecule has 0 heterocycles. The molecule has 1 aromatic carbocycles. The molecule has 0 fully saturated rings. The first kappa shape index (κ1) is 10.7. The molecule has 0 aromatic heterocycles. The molecule has 0 atom stereocenters. The highest BCUT2D eigenvalue weighted by molar-refractivity contribution is 5.84. The van der Waals surface area contributed by atoms with E-state index in [-0.39, 0.29) is 0 Å². The van der Waals surface area contributed by atoms with Gasteiger partial charge >= 0.3 is 0 Å². The summed E-state index contributed by atoms with van der Waals surface area (Å²) in [6, 6.07) is 5.61. The van der Waals surface area contributed by atoms with Crippen molar-refractivity contribution in [2.45, 2.75) is 13.3 Å². The number of nitrogens with two attached hydrogens (primary N) is 1. The first-order valence-electron chi connectivity index (χ1n) is 4.70. The van der Waals surface area contributed by atoms with E-state index in [4.69, 9.17) is 5.73 Å². The van der Waals surface area contributed by atoms with Crippen molar-refractivity contribution in [3.63, 3.8) is 0 Å². The standard InChI is InChI=1S/C11H15N2O/c1-9-3-4-10(8-14)11(7-9)13-6-2-5-12/h3-4,7,13H,2,5-6,12H2,1H3. The van der Waals surface area contributed by atoms with Gasteiger partial charge in [-0.1, -0.05) is 6.07 Å². The van der Waals surface area contributed by atoms with Crippen molar-refractivity contribution >= 4 is 12.0 Å². The second-order valence-electron chi connectivity index (χ2n) is 3.22. The van der Waals surface area contributed by atoms with Crippen LogP contribution in [0, 0.1) is 6.92 Å². The molecule has 3 heteroatoms. The minimum Gasteiger partial charge on any atom is -0.384 e. The molecule has 75 valence electrons. The van der Waals surface area contributed by atoms with Crippen molar-refractivity contribution < 1.29 is 4.79 Å². The second-order valence-corrected chi connectivity index (χ2v) is 3.22. The Morgan fingerprint density at radius 1 is 1.50 bits per heavy atom. The lowest BCUT2D eigenvalue weighted by atomic mass is 10.1. The Morgan fingerprint density at radius 2 is 2.29 bits per heavy atom. The minimum absolute atomic E-state index is 0.577. The van der Waals surface area contributed by atoms with Gasteiger partial charge in [-0.25, -0.2) is 0 Å². The summed E-state index contributed by atoms with van der Waals surface area (Å²) < 4.78 is 0. The van der Waals surface area contributed by atoms with Crippen LogP contribution in [0.15, 0.2) is 18.2 Å². The van der Waals surface area contributed by atoms with Crippen LogP contribution in [-0.4, -0.2) is 19.4 Å². The number of rotatable bonds is 5. The van der Waals surface area contributed by atoms with Crippen molar-refractivity contribution in [2.24, 2.45) is 5.73 Å². The van der Waals surface area contributed by atoms with E-state index < -0.39 is 0 Å². The van der Waals surface area contributed by atoms with Gasteiger partial charge in [0, 0.05) is 17.8 Å². The average Bonchev–Trinajstić information content (AvgIpc) is 2.19. The van der Waals surface area contributed by atoms with Crippen LogP contribution in [0.1, 0.15) is 17.5 Å². The van der Waals surface area contributed by atoms with Crippen molar-refractivity contribution in [1.29, 1.82) is 0 Å². The number of carbonyl (C=O) groups excluding carboxylic acids is 1. The summed E-state index contributed by atoms with van der Waals surface area (Å²) in [6.45, 7) is 3.43. The first-order valence-corrected chi connectivity index (χ1v) is 4.70. The Balaban J connectivity index is 2.72. The van der Waals surface area contributed by atoms with E-state index in [1.807, 2.05) is 25.3 Å². The molecule has 14 heavy (non-hydrogen) atoms. The van der Waals surface area contributed by atoms with Crippen LogP contribution in [-0.2, 0) is 4.79 Å². The van der Waals surface area contributed by atoms with E-state index >= 15 is 0 Å². The van der Waals surface area contributed by atoms with E-state index in [1.54, 1.807) is 6.07 Å². The van der Waals surface area contributed by atoms with Gasteiger partial charge in [-0.05, 0) is 37.6 Å². The molecule has 1 aromatic rings. The van der Waals surface area contributed by atoms with Crippen molar-refractivity contribution in [2.75, 3.05) is 18.4 Å². The maximum absolute atomic E-state index is 10.6. The number of nitrogens with one attached hydrogen (secondary N) is 1. The average molecular weight is 191 g/mol. The Kier molecular flexibility index (Phi) is 4.13. The van der Waals surface area contributed by atoms with Gasteiger partial charge in [-0.3, -0.25) is 4.79 Å². The lowest BCUT2D eigenvalue weighted by Crippen LogP contribution is -2.09. The van der Waals surface area contributed by atoms with Gasteiger partial charge in [-0.2, -0.15) is 0 Å². The fourth-order valence-corrected chi connectivity index (χ4v) is 1.22. The van der Waals surface area contributed by atoms with Crippen molar-refractivity contribution in [3.05, 3.63) is 29.3 Å². The predicted molar refractivity (Wildman–Crippen MR) is 58.1 cm³/mol. The third-order valence-corrected chi connectivity index (χ3v) is 1.98. The van der Waals surface area contributed by atoms with Crippen LogP contribution < -0.4 is 11.1 Å². The summed E-state index contributed by atoms with van der Waals surface area (Å²) in [5, 5.41) is 3.16. The molecule has 0 saturated carbocycles. The van der Waals surface area contributed by atoms with Gasteiger partial charge in [0.05, 0.1) is 0 Å². The van der Waals surface area contributed by atoms with E-state index in [2.05, 4.69) is 5.32 Å².